The first kappa shape index (κ1) is 23.8. The Balaban J connectivity index is 3.56. The lowest BCUT2D eigenvalue weighted by Crippen LogP contribution is -2.33. The van der Waals surface area contributed by atoms with Gasteiger partial charge in [0.05, 0.1) is 13.2 Å². The molecule has 0 radical (unpaired) electrons. The standard InChI is InChI=1S/C17H32N2O7/c1-16(2,3)25-13(20)18-9-7-11-23-15(22)24-12-8-10-19-14(21)26-17(4,5)6/h7-12H2,1-6H3,(H,18,20)(H,19,21). The van der Waals surface area contributed by atoms with Gasteiger partial charge in [-0.3, -0.25) is 0 Å². The first-order valence-electron chi connectivity index (χ1n) is 8.62. The zero-order chi connectivity index (χ0) is 20.2. The number of hydrogen-bond donors (Lipinski definition) is 2. The average Bonchev–Trinajstić information content (AvgIpc) is 2.42. The molecule has 0 fully saturated rings. The predicted molar refractivity (Wildman–Crippen MR) is 95.0 cm³/mol. The van der Waals surface area contributed by atoms with E-state index in [1.165, 1.54) is 0 Å². The fraction of sp³-hybridized carbons (Fsp3) is 0.824. The van der Waals surface area contributed by atoms with Gasteiger partial charge in [0.25, 0.3) is 0 Å². The summed E-state index contributed by atoms with van der Waals surface area (Å²) in [6, 6.07) is 0. The summed E-state index contributed by atoms with van der Waals surface area (Å²) in [5.74, 6) is 0. The number of rotatable bonds is 8. The fourth-order valence-corrected chi connectivity index (χ4v) is 1.51. The zero-order valence-electron chi connectivity index (χ0n) is 16.6. The summed E-state index contributed by atoms with van der Waals surface area (Å²) in [5.41, 5.74) is -1.11. The molecule has 0 aliphatic carbocycles. The van der Waals surface area contributed by atoms with E-state index in [1.807, 2.05) is 0 Å². The molecule has 0 unspecified atom stereocenters. The van der Waals surface area contributed by atoms with Crippen LogP contribution in [0.4, 0.5) is 14.4 Å². The largest absolute Gasteiger partial charge is 0.508 e. The normalized spacial score (nSPS) is 11.3. The molecular formula is C17H32N2O7. The lowest BCUT2D eigenvalue weighted by atomic mass is 10.2. The highest BCUT2D eigenvalue weighted by molar-refractivity contribution is 5.68. The van der Waals surface area contributed by atoms with Crippen LogP contribution in [0.1, 0.15) is 54.4 Å². The third-order valence-electron chi connectivity index (χ3n) is 2.42. The molecule has 0 aromatic carbocycles. The Labute approximate surface area is 155 Å². The van der Waals surface area contributed by atoms with Gasteiger partial charge in [0.1, 0.15) is 11.2 Å². The van der Waals surface area contributed by atoms with E-state index in [0.29, 0.717) is 25.9 Å². The smallest absolute Gasteiger partial charge is 0.444 e. The lowest BCUT2D eigenvalue weighted by molar-refractivity contribution is 0.0484. The number of carbonyl (C=O) groups is 3. The molecule has 0 spiro atoms. The van der Waals surface area contributed by atoms with E-state index in [4.69, 9.17) is 18.9 Å². The van der Waals surface area contributed by atoms with Crippen molar-refractivity contribution in [2.24, 2.45) is 0 Å². The maximum Gasteiger partial charge on any atom is 0.508 e. The van der Waals surface area contributed by atoms with Crippen molar-refractivity contribution < 1.29 is 33.3 Å². The second kappa shape index (κ2) is 11.4. The van der Waals surface area contributed by atoms with Crippen molar-refractivity contribution in [3.05, 3.63) is 0 Å². The number of nitrogens with one attached hydrogen (secondary N) is 2. The van der Waals surface area contributed by atoms with Gasteiger partial charge in [-0.1, -0.05) is 0 Å². The number of carbonyl (C=O) groups excluding carboxylic acids is 3. The maximum atomic E-state index is 11.4. The van der Waals surface area contributed by atoms with Crippen molar-refractivity contribution >= 4 is 18.3 Å². The van der Waals surface area contributed by atoms with Crippen LogP contribution < -0.4 is 10.6 Å². The predicted octanol–water partition coefficient (Wildman–Crippen LogP) is 2.97. The van der Waals surface area contributed by atoms with Crippen LogP contribution >= 0.6 is 0 Å². The van der Waals surface area contributed by atoms with E-state index in [1.54, 1.807) is 41.5 Å². The van der Waals surface area contributed by atoms with Gasteiger partial charge < -0.3 is 29.6 Å². The first-order chi connectivity index (χ1) is 11.9. The summed E-state index contributed by atoms with van der Waals surface area (Å²) in [5, 5.41) is 5.11. The van der Waals surface area contributed by atoms with E-state index >= 15 is 0 Å². The van der Waals surface area contributed by atoms with Crippen molar-refractivity contribution in [3.8, 4) is 0 Å². The van der Waals surface area contributed by atoms with Crippen LogP contribution in [0.2, 0.25) is 0 Å². The third-order valence-corrected chi connectivity index (χ3v) is 2.42. The van der Waals surface area contributed by atoms with Crippen LogP contribution in [-0.4, -0.2) is 55.8 Å². The molecule has 26 heavy (non-hydrogen) atoms. The van der Waals surface area contributed by atoms with E-state index in [0.717, 1.165) is 0 Å². The van der Waals surface area contributed by atoms with Gasteiger partial charge in [0.2, 0.25) is 0 Å². The molecule has 2 amide bonds. The fourth-order valence-electron chi connectivity index (χ4n) is 1.51. The highest BCUT2D eigenvalue weighted by Crippen LogP contribution is 2.07. The molecular weight excluding hydrogens is 344 g/mol. The molecule has 9 nitrogen and oxygen atoms in total. The van der Waals surface area contributed by atoms with Gasteiger partial charge in [-0.15, -0.1) is 0 Å². The quantitative estimate of drug-likeness (QED) is 0.380. The molecule has 152 valence electrons. The first-order valence-corrected chi connectivity index (χ1v) is 8.62. The van der Waals surface area contributed by atoms with Crippen molar-refractivity contribution in [2.45, 2.75) is 65.6 Å². The topological polar surface area (TPSA) is 112 Å². The van der Waals surface area contributed by atoms with Crippen molar-refractivity contribution in [2.75, 3.05) is 26.3 Å². The highest BCUT2D eigenvalue weighted by Gasteiger charge is 2.16. The minimum Gasteiger partial charge on any atom is -0.444 e. The van der Waals surface area contributed by atoms with Gasteiger partial charge in [0, 0.05) is 13.1 Å². The summed E-state index contributed by atoms with van der Waals surface area (Å²) in [6.45, 7) is 11.5. The molecule has 0 bridgehead atoms. The summed E-state index contributed by atoms with van der Waals surface area (Å²) >= 11 is 0. The van der Waals surface area contributed by atoms with Crippen LogP contribution in [0.3, 0.4) is 0 Å². The minimum absolute atomic E-state index is 0.116. The highest BCUT2D eigenvalue weighted by atomic mass is 16.7. The second-order valence-electron chi connectivity index (χ2n) is 7.51. The van der Waals surface area contributed by atoms with Crippen LogP contribution in [0.25, 0.3) is 0 Å². The van der Waals surface area contributed by atoms with E-state index in [2.05, 4.69) is 10.6 Å². The van der Waals surface area contributed by atoms with Gasteiger partial charge in [-0.05, 0) is 54.4 Å². The number of hydrogen-bond acceptors (Lipinski definition) is 7. The maximum absolute atomic E-state index is 11.4. The van der Waals surface area contributed by atoms with Gasteiger partial charge in [0.15, 0.2) is 0 Å². The monoisotopic (exact) mass is 376 g/mol. The molecule has 0 aliphatic heterocycles. The van der Waals surface area contributed by atoms with Crippen molar-refractivity contribution in [1.82, 2.24) is 10.6 Å². The average molecular weight is 376 g/mol. The van der Waals surface area contributed by atoms with Crippen LogP contribution in [0.5, 0.6) is 0 Å². The molecule has 9 heteroatoms. The summed E-state index contributed by atoms with van der Waals surface area (Å²) in [6.07, 6.45) is -0.946. The van der Waals surface area contributed by atoms with Crippen molar-refractivity contribution in [3.63, 3.8) is 0 Å². The Hall–Kier alpha value is -2.19. The van der Waals surface area contributed by atoms with Crippen molar-refractivity contribution in [1.29, 1.82) is 0 Å². The zero-order valence-corrected chi connectivity index (χ0v) is 16.6. The molecule has 2 N–H and O–H groups in total. The summed E-state index contributed by atoms with van der Waals surface area (Å²) in [7, 11) is 0. The molecule has 0 saturated heterocycles. The molecule has 0 aromatic rings. The third kappa shape index (κ3) is 16.7. The molecule has 0 rings (SSSR count). The number of alkyl carbamates (subject to hydrolysis) is 2. The Morgan fingerprint density at radius 3 is 1.35 bits per heavy atom. The molecule has 0 aliphatic rings. The second-order valence-corrected chi connectivity index (χ2v) is 7.51. The summed E-state index contributed by atoms with van der Waals surface area (Å²) < 4.78 is 19.8. The number of amides is 2. The lowest BCUT2D eigenvalue weighted by Gasteiger charge is -2.19. The molecule has 0 atom stereocenters. The van der Waals surface area contributed by atoms with E-state index in [9.17, 15) is 14.4 Å². The van der Waals surface area contributed by atoms with Crippen LogP contribution in [0.15, 0.2) is 0 Å². The molecule has 0 aromatic heterocycles. The Kier molecular flexibility index (Phi) is 10.5. The van der Waals surface area contributed by atoms with Crippen LogP contribution in [0, 0.1) is 0 Å². The minimum atomic E-state index is -0.792. The Morgan fingerprint density at radius 2 is 1.04 bits per heavy atom. The van der Waals surface area contributed by atoms with E-state index in [-0.39, 0.29) is 13.2 Å². The molecule has 0 saturated carbocycles. The number of ether oxygens (including phenoxy) is 4. The van der Waals surface area contributed by atoms with Gasteiger partial charge in [-0.25, -0.2) is 14.4 Å². The van der Waals surface area contributed by atoms with Gasteiger partial charge in [-0.2, -0.15) is 0 Å². The summed E-state index contributed by atoms with van der Waals surface area (Å²) in [4.78, 5) is 34.1. The van der Waals surface area contributed by atoms with Crippen LogP contribution in [-0.2, 0) is 18.9 Å². The molecule has 0 heterocycles. The Morgan fingerprint density at radius 1 is 0.692 bits per heavy atom. The van der Waals surface area contributed by atoms with Gasteiger partial charge >= 0.3 is 18.3 Å². The SMILES string of the molecule is CC(C)(C)OC(=O)NCCCOC(=O)OCCCNC(=O)OC(C)(C)C. The Bertz CT molecular complexity index is 413. The van der Waals surface area contributed by atoms with E-state index < -0.39 is 29.5 Å².